The molecule has 1 fully saturated rings. The molecule has 1 unspecified atom stereocenters. The van der Waals surface area contributed by atoms with Crippen LogP contribution in [0.3, 0.4) is 0 Å². The zero-order chi connectivity index (χ0) is 28.3. The molecule has 7 heteroatoms. The van der Waals surface area contributed by atoms with E-state index in [4.69, 9.17) is 0 Å². The summed E-state index contributed by atoms with van der Waals surface area (Å²) < 4.78 is 2.28. The van der Waals surface area contributed by atoms with E-state index >= 15 is 0 Å². The summed E-state index contributed by atoms with van der Waals surface area (Å²) in [7, 11) is 0. The summed E-state index contributed by atoms with van der Waals surface area (Å²) in [6.07, 6.45) is 10.3. The molecule has 0 radical (unpaired) electrons. The van der Waals surface area contributed by atoms with Crippen molar-refractivity contribution in [2.24, 2.45) is 0 Å². The fourth-order valence-electron chi connectivity index (χ4n) is 5.93. The van der Waals surface area contributed by atoms with Crippen molar-refractivity contribution in [1.82, 2.24) is 25.4 Å². The fraction of sp³-hybridized carbons (Fsp3) is 0.500. The number of hydrogen-bond donors (Lipinski definition) is 3. The van der Waals surface area contributed by atoms with Crippen LogP contribution < -0.4 is 16.0 Å². The number of allylic oxidation sites excluding steroid dienone is 3. The quantitative estimate of drug-likeness (QED) is 0.432. The third kappa shape index (κ3) is 6.14. The van der Waals surface area contributed by atoms with Crippen LogP contribution in [0.25, 0.3) is 10.9 Å². The van der Waals surface area contributed by atoms with E-state index < -0.39 is 0 Å². The van der Waals surface area contributed by atoms with Gasteiger partial charge in [-0.2, -0.15) is 0 Å². The van der Waals surface area contributed by atoms with Gasteiger partial charge >= 0.3 is 0 Å². The van der Waals surface area contributed by atoms with Gasteiger partial charge in [0.2, 0.25) is 5.91 Å². The van der Waals surface area contributed by atoms with Crippen molar-refractivity contribution in [3.05, 3.63) is 69.6 Å². The van der Waals surface area contributed by atoms with Crippen LogP contribution in [0.1, 0.15) is 74.1 Å². The number of piperazine rings is 1. The Kier molecular flexibility index (Phi) is 9.01. The van der Waals surface area contributed by atoms with E-state index in [0.717, 1.165) is 66.6 Å². The molecular formula is C32H45N5O2. The summed E-state index contributed by atoms with van der Waals surface area (Å²) in [5.41, 5.74) is 8.16. The Morgan fingerprint density at radius 2 is 1.92 bits per heavy atom. The standard InChI is InChI=1S/C32H45N5O2/c1-8-26(36-14-12-33-13-15-36)11-9-10-25-17-27(29-22(5)19-37(20(2)3)30(29)24(25)7)31(38)34-18-28-21(4)16-23(6)35-32(28)39/h8-9,11,17,19-20,23,33H,10,12-16,18H2,1-7H3,(H,34,38)(H,35,39)/b11-9-,26-8+. The molecule has 3 heterocycles. The zero-order valence-corrected chi connectivity index (χ0v) is 24.7. The van der Waals surface area contributed by atoms with Crippen LogP contribution in [-0.4, -0.2) is 60.0 Å². The van der Waals surface area contributed by atoms with Crippen LogP contribution in [0.15, 0.2) is 47.3 Å². The van der Waals surface area contributed by atoms with E-state index in [1.165, 1.54) is 11.3 Å². The molecule has 2 amide bonds. The number of aromatic nitrogens is 1. The highest BCUT2D eigenvalue weighted by Crippen LogP contribution is 2.33. The average molecular weight is 532 g/mol. The largest absolute Gasteiger partial charge is 0.369 e. The number of aryl methyl sites for hydroxylation is 2. The van der Waals surface area contributed by atoms with Crippen molar-refractivity contribution >= 4 is 22.7 Å². The van der Waals surface area contributed by atoms with Gasteiger partial charge in [0.15, 0.2) is 0 Å². The maximum Gasteiger partial charge on any atom is 0.252 e. The molecule has 2 aromatic rings. The second-order valence-electron chi connectivity index (χ2n) is 11.3. The number of carbonyl (C=O) groups is 2. The molecule has 1 saturated heterocycles. The number of carbonyl (C=O) groups excluding carboxylic acids is 2. The second-order valence-corrected chi connectivity index (χ2v) is 11.3. The van der Waals surface area contributed by atoms with Crippen LogP contribution in [0.5, 0.6) is 0 Å². The number of nitrogens with one attached hydrogen (secondary N) is 3. The third-order valence-electron chi connectivity index (χ3n) is 8.06. The lowest BCUT2D eigenvalue weighted by Gasteiger charge is -2.30. The lowest BCUT2D eigenvalue weighted by atomic mass is 9.95. The van der Waals surface area contributed by atoms with Gasteiger partial charge in [-0.1, -0.05) is 17.7 Å². The molecule has 3 N–H and O–H groups in total. The highest BCUT2D eigenvalue weighted by molar-refractivity contribution is 6.09. The van der Waals surface area contributed by atoms with Gasteiger partial charge in [0.25, 0.3) is 5.91 Å². The topological polar surface area (TPSA) is 78.4 Å². The summed E-state index contributed by atoms with van der Waals surface area (Å²) in [6, 6.07) is 2.45. The Morgan fingerprint density at radius 3 is 2.56 bits per heavy atom. The van der Waals surface area contributed by atoms with Gasteiger partial charge in [-0.05, 0) is 90.1 Å². The summed E-state index contributed by atoms with van der Waals surface area (Å²) in [5, 5.41) is 10.5. The summed E-state index contributed by atoms with van der Waals surface area (Å²) in [4.78, 5) is 28.7. The first-order chi connectivity index (χ1) is 18.6. The maximum absolute atomic E-state index is 13.7. The van der Waals surface area contributed by atoms with E-state index in [1.807, 2.05) is 13.8 Å². The summed E-state index contributed by atoms with van der Waals surface area (Å²) in [6.45, 7) is 18.9. The molecule has 210 valence electrons. The van der Waals surface area contributed by atoms with Crippen LogP contribution in [0.4, 0.5) is 0 Å². The Bertz CT molecular complexity index is 1340. The molecule has 2 aliphatic heterocycles. The van der Waals surface area contributed by atoms with Crippen LogP contribution >= 0.6 is 0 Å². The Balaban J connectivity index is 1.66. The molecule has 1 aromatic heterocycles. The smallest absolute Gasteiger partial charge is 0.252 e. The molecule has 4 rings (SSSR count). The summed E-state index contributed by atoms with van der Waals surface area (Å²) in [5.74, 6) is -0.227. The van der Waals surface area contributed by atoms with Crippen LogP contribution in [-0.2, 0) is 11.2 Å². The van der Waals surface area contributed by atoms with Crippen molar-refractivity contribution in [2.45, 2.75) is 73.4 Å². The first-order valence-electron chi connectivity index (χ1n) is 14.3. The molecule has 1 aromatic carbocycles. The van der Waals surface area contributed by atoms with Gasteiger partial charge in [0, 0.05) is 73.2 Å². The second kappa shape index (κ2) is 12.2. The molecule has 7 nitrogen and oxygen atoms in total. The zero-order valence-electron chi connectivity index (χ0n) is 24.7. The first kappa shape index (κ1) is 28.7. The third-order valence-corrected chi connectivity index (χ3v) is 8.06. The van der Waals surface area contributed by atoms with Gasteiger partial charge in [-0.15, -0.1) is 0 Å². The Labute approximate surface area is 233 Å². The van der Waals surface area contributed by atoms with E-state index in [-0.39, 0.29) is 30.4 Å². The number of hydrogen-bond acceptors (Lipinski definition) is 4. The minimum Gasteiger partial charge on any atom is -0.369 e. The van der Waals surface area contributed by atoms with E-state index in [1.54, 1.807) is 0 Å². The Morgan fingerprint density at radius 1 is 1.21 bits per heavy atom. The van der Waals surface area contributed by atoms with Gasteiger partial charge in [-0.3, -0.25) is 9.59 Å². The van der Waals surface area contributed by atoms with Gasteiger partial charge in [0.05, 0.1) is 5.52 Å². The lowest BCUT2D eigenvalue weighted by Crippen LogP contribution is -2.42. The normalized spacial score (nSPS) is 19.0. The molecule has 2 aliphatic rings. The van der Waals surface area contributed by atoms with Gasteiger partial charge < -0.3 is 25.4 Å². The number of rotatable bonds is 8. The first-order valence-corrected chi connectivity index (χ1v) is 14.3. The minimum absolute atomic E-state index is 0.0853. The fourth-order valence-corrected chi connectivity index (χ4v) is 5.93. The highest BCUT2D eigenvalue weighted by Gasteiger charge is 2.24. The molecule has 0 aliphatic carbocycles. The minimum atomic E-state index is -0.142. The number of benzene rings is 1. The SMILES string of the molecule is C/C=C(\C=C/Cc1cc(C(=O)NCC2=C(C)CC(C)NC2=O)c2c(C)cn(C(C)C)c2c1C)N1CCNCC1. The predicted octanol–water partition coefficient (Wildman–Crippen LogP) is 4.70. The number of amides is 2. The molecule has 0 spiro atoms. The van der Waals surface area contributed by atoms with Crippen LogP contribution in [0.2, 0.25) is 0 Å². The summed E-state index contributed by atoms with van der Waals surface area (Å²) >= 11 is 0. The van der Waals surface area contributed by atoms with Crippen molar-refractivity contribution in [3.63, 3.8) is 0 Å². The van der Waals surface area contributed by atoms with Gasteiger partial charge in [-0.25, -0.2) is 0 Å². The maximum atomic E-state index is 13.7. The average Bonchev–Trinajstić information content (AvgIpc) is 3.25. The van der Waals surface area contributed by atoms with E-state index in [2.05, 4.69) is 90.5 Å². The number of fused-ring (bicyclic) bond motifs is 1. The highest BCUT2D eigenvalue weighted by atomic mass is 16.2. The van der Waals surface area contributed by atoms with Crippen molar-refractivity contribution in [1.29, 1.82) is 0 Å². The van der Waals surface area contributed by atoms with Crippen molar-refractivity contribution in [3.8, 4) is 0 Å². The van der Waals surface area contributed by atoms with Crippen molar-refractivity contribution < 1.29 is 9.59 Å². The molecular weight excluding hydrogens is 486 g/mol. The molecule has 1 atom stereocenters. The monoisotopic (exact) mass is 531 g/mol. The van der Waals surface area contributed by atoms with E-state index in [9.17, 15) is 9.59 Å². The number of nitrogens with zero attached hydrogens (tertiary/aromatic N) is 2. The molecule has 0 saturated carbocycles. The predicted molar refractivity (Wildman–Crippen MR) is 160 cm³/mol. The molecule has 39 heavy (non-hydrogen) atoms. The van der Waals surface area contributed by atoms with Gasteiger partial charge in [0.1, 0.15) is 0 Å². The Hall–Kier alpha value is -3.32. The van der Waals surface area contributed by atoms with Crippen LogP contribution in [0, 0.1) is 13.8 Å². The lowest BCUT2D eigenvalue weighted by molar-refractivity contribution is -0.118. The molecule has 0 bridgehead atoms. The van der Waals surface area contributed by atoms with Crippen molar-refractivity contribution in [2.75, 3.05) is 32.7 Å². The van der Waals surface area contributed by atoms with E-state index in [0.29, 0.717) is 11.1 Å².